The van der Waals surface area contributed by atoms with Crippen LogP contribution in [0.3, 0.4) is 0 Å². The molecule has 1 aromatic carbocycles. The number of ether oxygens (including phenoxy) is 1. The van der Waals surface area contributed by atoms with Crippen LogP contribution in [0.4, 0.5) is 17.6 Å². The second-order valence-corrected chi connectivity index (χ2v) is 6.28. The van der Waals surface area contributed by atoms with Crippen LogP contribution in [0.5, 0.6) is 5.75 Å². The molecule has 0 spiro atoms. The highest BCUT2D eigenvalue weighted by Crippen LogP contribution is 2.22. The first kappa shape index (κ1) is 19.0. The first-order chi connectivity index (χ1) is 11.4. The van der Waals surface area contributed by atoms with Crippen molar-refractivity contribution in [1.29, 1.82) is 0 Å². The predicted octanol–water partition coefficient (Wildman–Crippen LogP) is 5.12. The third-order valence-electron chi connectivity index (χ3n) is 4.25. The third-order valence-corrected chi connectivity index (χ3v) is 4.25. The fourth-order valence-electron chi connectivity index (χ4n) is 2.88. The summed E-state index contributed by atoms with van der Waals surface area (Å²) in [6.07, 6.45) is -1.48. The molecule has 2 rings (SSSR count). The third kappa shape index (κ3) is 7.07. The van der Waals surface area contributed by atoms with Gasteiger partial charge in [0.25, 0.3) is 0 Å². The first-order valence-electron chi connectivity index (χ1n) is 8.61. The van der Waals surface area contributed by atoms with E-state index in [4.69, 9.17) is 4.74 Å². The first-order valence-corrected chi connectivity index (χ1v) is 8.61. The summed E-state index contributed by atoms with van der Waals surface area (Å²) < 4.78 is 55.5. The Hall–Kier alpha value is -1.30. The van der Waals surface area contributed by atoms with Crippen LogP contribution in [-0.2, 0) is 6.42 Å². The van der Waals surface area contributed by atoms with Crippen LogP contribution in [0.15, 0.2) is 24.3 Å². The Morgan fingerprint density at radius 3 is 2.33 bits per heavy atom. The molecule has 1 atom stereocenters. The lowest BCUT2D eigenvalue weighted by molar-refractivity contribution is -0.136. The molecular weight excluding hydrogens is 322 g/mol. The van der Waals surface area contributed by atoms with E-state index in [9.17, 15) is 17.6 Å². The minimum atomic E-state index is -4.13. The van der Waals surface area contributed by atoms with Gasteiger partial charge in [0.05, 0.1) is 6.61 Å². The number of alkyl halides is 4. The Kier molecular flexibility index (Phi) is 7.34. The summed E-state index contributed by atoms with van der Waals surface area (Å²) in [6, 6.07) is 7.16. The summed E-state index contributed by atoms with van der Waals surface area (Å²) in [4.78, 5) is 1.90. The molecule has 0 amide bonds. The van der Waals surface area contributed by atoms with E-state index < -0.39 is 18.9 Å². The maximum atomic E-state index is 14.2. The fraction of sp³-hybridized carbons (Fsp3) is 0.667. The standard InChI is InChI=1S/C18H25F4NO/c19-17(23-12-2-1-3-13-23)10-7-15-5-8-16(9-6-15)24-14-4-11-18(20,21)22/h5-6,8-9,17H,1-4,7,10-14H2. The van der Waals surface area contributed by atoms with Gasteiger partial charge in [-0.3, -0.25) is 4.90 Å². The summed E-state index contributed by atoms with van der Waals surface area (Å²) >= 11 is 0. The Bertz CT molecular complexity index is 469. The maximum absolute atomic E-state index is 14.2. The lowest BCUT2D eigenvalue weighted by Crippen LogP contribution is -2.36. The van der Waals surface area contributed by atoms with Crippen molar-refractivity contribution >= 4 is 0 Å². The van der Waals surface area contributed by atoms with E-state index in [0.29, 0.717) is 18.6 Å². The Balaban J connectivity index is 1.67. The average molecular weight is 347 g/mol. The lowest BCUT2D eigenvalue weighted by Gasteiger charge is -2.29. The monoisotopic (exact) mass is 347 g/mol. The highest BCUT2D eigenvalue weighted by molar-refractivity contribution is 5.27. The zero-order valence-electron chi connectivity index (χ0n) is 13.8. The van der Waals surface area contributed by atoms with Gasteiger partial charge in [0.2, 0.25) is 0 Å². The van der Waals surface area contributed by atoms with E-state index in [0.717, 1.165) is 31.5 Å². The van der Waals surface area contributed by atoms with Crippen LogP contribution in [-0.4, -0.2) is 37.1 Å². The van der Waals surface area contributed by atoms with Crippen molar-refractivity contribution < 1.29 is 22.3 Å². The van der Waals surface area contributed by atoms with Crippen molar-refractivity contribution in [2.75, 3.05) is 19.7 Å². The number of hydrogen-bond donors (Lipinski definition) is 0. The number of rotatable bonds is 8. The molecule has 0 aromatic heterocycles. The van der Waals surface area contributed by atoms with Gasteiger partial charge >= 0.3 is 6.18 Å². The molecule has 0 aliphatic carbocycles. The topological polar surface area (TPSA) is 12.5 Å². The molecule has 0 saturated carbocycles. The minimum Gasteiger partial charge on any atom is -0.494 e. The molecular formula is C18H25F4NO. The van der Waals surface area contributed by atoms with Crippen LogP contribution >= 0.6 is 0 Å². The SMILES string of the molecule is FC(CCc1ccc(OCCCC(F)(F)F)cc1)N1CCCCC1. The van der Waals surface area contributed by atoms with Crippen molar-refractivity contribution in [3.8, 4) is 5.75 Å². The van der Waals surface area contributed by atoms with E-state index in [1.54, 1.807) is 12.1 Å². The smallest absolute Gasteiger partial charge is 0.389 e. The molecule has 136 valence electrons. The van der Waals surface area contributed by atoms with Gasteiger partial charge in [-0.15, -0.1) is 0 Å². The second-order valence-electron chi connectivity index (χ2n) is 6.28. The fourth-order valence-corrected chi connectivity index (χ4v) is 2.88. The van der Waals surface area contributed by atoms with E-state index in [1.165, 1.54) is 6.42 Å². The van der Waals surface area contributed by atoms with E-state index in [2.05, 4.69) is 0 Å². The van der Waals surface area contributed by atoms with Crippen LogP contribution < -0.4 is 4.74 Å². The minimum absolute atomic E-state index is 0.0420. The quantitative estimate of drug-likeness (QED) is 0.368. The van der Waals surface area contributed by atoms with Gasteiger partial charge in [0.1, 0.15) is 5.75 Å². The Morgan fingerprint density at radius 1 is 1.04 bits per heavy atom. The van der Waals surface area contributed by atoms with Crippen LogP contribution in [0.1, 0.15) is 44.1 Å². The largest absolute Gasteiger partial charge is 0.494 e. The van der Waals surface area contributed by atoms with Gasteiger partial charge in [-0.05, 0) is 49.8 Å². The van der Waals surface area contributed by atoms with Crippen molar-refractivity contribution in [3.63, 3.8) is 0 Å². The molecule has 1 heterocycles. The number of likely N-dealkylation sites (tertiary alicyclic amines) is 1. The van der Waals surface area contributed by atoms with Gasteiger partial charge in [0.15, 0.2) is 6.30 Å². The summed E-state index contributed by atoms with van der Waals surface area (Å²) in [6.45, 7) is 1.72. The van der Waals surface area contributed by atoms with Gasteiger partial charge < -0.3 is 4.74 Å². The van der Waals surface area contributed by atoms with Gasteiger partial charge in [-0.1, -0.05) is 18.6 Å². The molecule has 0 bridgehead atoms. The summed E-state index contributed by atoms with van der Waals surface area (Å²) in [5.74, 6) is 0.550. The van der Waals surface area contributed by atoms with Gasteiger partial charge in [0, 0.05) is 19.5 Å². The van der Waals surface area contributed by atoms with E-state index in [1.807, 2.05) is 17.0 Å². The van der Waals surface area contributed by atoms with E-state index in [-0.39, 0.29) is 13.0 Å². The molecule has 1 unspecified atom stereocenters. The van der Waals surface area contributed by atoms with Gasteiger partial charge in [-0.2, -0.15) is 13.2 Å². The maximum Gasteiger partial charge on any atom is 0.389 e. The number of aryl methyl sites for hydroxylation is 1. The normalized spacial score (nSPS) is 17.7. The molecule has 1 aliphatic heterocycles. The Morgan fingerprint density at radius 2 is 1.71 bits per heavy atom. The molecule has 0 N–H and O–H groups in total. The molecule has 1 fully saturated rings. The number of piperidine rings is 1. The highest BCUT2D eigenvalue weighted by atomic mass is 19.4. The summed E-state index contributed by atoms with van der Waals surface area (Å²) in [5.41, 5.74) is 1.01. The zero-order chi connectivity index (χ0) is 17.4. The number of hydrogen-bond acceptors (Lipinski definition) is 2. The van der Waals surface area contributed by atoms with Crippen LogP contribution in [0, 0.1) is 0 Å². The molecule has 6 heteroatoms. The average Bonchev–Trinajstić information content (AvgIpc) is 2.57. The van der Waals surface area contributed by atoms with Crippen molar-refractivity contribution in [1.82, 2.24) is 4.90 Å². The Labute approximate surface area is 140 Å². The lowest BCUT2D eigenvalue weighted by atomic mass is 10.1. The van der Waals surface area contributed by atoms with Crippen LogP contribution in [0.2, 0.25) is 0 Å². The summed E-state index contributed by atoms with van der Waals surface area (Å²) in [7, 11) is 0. The molecule has 0 radical (unpaired) electrons. The van der Waals surface area contributed by atoms with E-state index >= 15 is 0 Å². The van der Waals surface area contributed by atoms with Crippen molar-refractivity contribution in [2.24, 2.45) is 0 Å². The second kappa shape index (κ2) is 9.25. The molecule has 1 aliphatic rings. The molecule has 2 nitrogen and oxygen atoms in total. The summed E-state index contributed by atoms with van der Waals surface area (Å²) in [5, 5.41) is 0. The number of benzene rings is 1. The molecule has 1 aromatic rings. The molecule has 24 heavy (non-hydrogen) atoms. The van der Waals surface area contributed by atoms with Crippen LogP contribution in [0.25, 0.3) is 0 Å². The number of nitrogens with zero attached hydrogens (tertiary/aromatic N) is 1. The van der Waals surface area contributed by atoms with Crippen molar-refractivity contribution in [3.05, 3.63) is 29.8 Å². The highest BCUT2D eigenvalue weighted by Gasteiger charge is 2.26. The van der Waals surface area contributed by atoms with Crippen molar-refractivity contribution in [2.45, 2.75) is 57.4 Å². The predicted molar refractivity (Wildman–Crippen MR) is 85.9 cm³/mol. The zero-order valence-corrected chi connectivity index (χ0v) is 13.8. The number of halogens is 4. The van der Waals surface area contributed by atoms with Gasteiger partial charge in [-0.25, -0.2) is 4.39 Å². The molecule has 1 saturated heterocycles.